The van der Waals surface area contributed by atoms with E-state index in [-0.39, 0.29) is 17.7 Å². The van der Waals surface area contributed by atoms with Gasteiger partial charge >= 0.3 is 0 Å². The fraction of sp³-hybridized carbons (Fsp3) is 0.381. The predicted molar refractivity (Wildman–Crippen MR) is 105 cm³/mol. The standard InChI is InChI=1S/C21H25N3O3/c1-14-12-19(24-21(26)16-8-10-17(27-2)11-9-16)22-13-18(14)23-20(25)15-6-4-3-5-7-15/h8-13,15H,3-7H2,1-2H3,(H,23,25)(H,22,24,26). The van der Waals surface area contributed by atoms with Crippen LogP contribution < -0.4 is 15.4 Å². The van der Waals surface area contributed by atoms with E-state index in [4.69, 9.17) is 4.74 Å². The lowest BCUT2D eigenvalue weighted by Gasteiger charge is -2.21. The maximum Gasteiger partial charge on any atom is 0.256 e. The number of carbonyl (C=O) groups excluding carboxylic acids is 2. The van der Waals surface area contributed by atoms with E-state index >= 15 is 0 Å². The summed E-state index contributed by atoms with van der Waals surface area (Å²) in [6.45, 7) is 1.89. The van der Waals surface area contributed by atoms with Crippen LogP contribution >= 0.6 is 0 Å². The first-order chi connectivity index (χ1) is 13.1. The maximum atomic E-state index is 12.4. The SMILES string of the molecule is COc1ccc(C(=O)Nc2cc(C)c(NC(=O)C3CCCCC3)cn2)cc1. The molecule has 1 aliphatic rings. The summed E-state index contributed by atoms with van der Waals surface area (Å²) in [7, 11) is 1.58. The van der Waals surface area contributed by atoms with Crippen LogP contribution in [0.25, 0.3) is 0 Å². The molecule has 0 bridgehead atoms. The van der Waals surface area contributed by atoms with E-state index in [1.54, 1.807) is 43.6 Å². The lowest BCUT2D eigenvalue weighted by Crippen LogP contribution is -2.25. The van der Waals surface area contributed by atoms with Crippen molar-refractivity contribution in [3.05, 3.63) is 47.7 Å². The minimum absolute atomic E-state index is 0.0645. The van der Waals surface area contributed by atoms with Gasteiger partial charge in [0, 0.05) is 11.5 Å². The Bertz CT molecular complexity index is 812. The van der Waals surface area contributed by atoms with Crippen LogP contribution in [0.4, 0.5) is 11.5 Å². The monoisotopic (exact) mass is 367 g/mol. The molecule has 27 heavy (non-hydrogen) atoms. The Balaban J connectivity index is 1.63. The highest BCUT2D eigenvalue weighted by Crippen LogP contribution is 2.26. The van der Waals surface area contributed by atoms with E-state index in [1.807, 2.05) is 6.92 Å². The molecule has 1 aromatic heterocycles. The van der Waals surface area contributed by atoms with Crippen LogP contribution in [0.3, 0.4) is 0 Å². The first kappa shape index (κ1) is 18.9. The van der Waals surface area contributed by atoms with Gasteiger partial charge in [-0.3, -0.25) is 9.59 Å². The minimum atomic E-state index is -0.247. The molecule has 0 saturated heterocycles. The zero-order valence-corrected chi connectivity index (χ0v) is 15.7. The number of hydrogen-bond acceptors (Lipinski definition) is 4. The lowest BCUT2D eigenvalue weighted by molar-refractivity contribution is -0.120. The number of rotatable bonds is 5. The molecule has 142 valence electrons. The number of hydrogen-bond donors (Lipinski definition) is 2. The van der Waals surface area contributed by atoms with Crippen molar-refractivity contribution in [2.75, 3.05) is 17.7 Å². The molecule has 3 rings (SSSR count). The average Bonchev–Trinajstić information content (AvgIpc) is 2.70. The number of ether oxygens (including phenoxy) is 1. The molecular formula is C21H25N3O3. The average molecular weight is 367 g/mol. The third-order valence-electron chi connectivity index (χ3n) is 4.94. The second kappa shape index (κ2) is 8.66. The quantitative estimate of drug-likeness (QED) is 0.831. The van der Waals surface area contributed by atoms with E-state index in [0.29, 0.717) is 22.8 Å². The molecule has 1 aromatic carbocycles. The molecule has 1 saturated carbocycles. The van der Waals surface area contributed by atoms with Gasteiger partial charge in [-0.05, 0) is 55.7 Å². The molecule has 2 aromatic rings. The molecule has 2 N–H and O–H groups in total. The number of aromatic nitrogens is 1. The highest BCUT2D eigenvalue weighted by atomic mass is 16.5. The second-order valence-corrected chi connectivity index (χ2v) is 6.89. The van der Waals surface area contributed by atoms with Gasteiger partial charge in [0.1, 0.15) is 11.6 Å². The lowest BCUT2D eigenvalue weighted by atomic mass is 9.88. The van der Waals surface area contributed by atoms with Crippen molar-refractivity contribution in [2.45, 2.75) is 39.0 Å². The van der Waals surface area contributed by atoms with Crippen LogP contribution in [0.15, 0.2) is 36.5 Å². The fourth-order valence-electron chi connectivity index (χ4n) is 3.29. The summed E-state index contributed by atoms with van der Waals surface area (Å²) in [5.74, 6) is 1.05. The maximum absolute atomic E-state index is 12.4. The number of methoxy groups -OCH3 is 1. The van der Waals surface area contributed by atoms with Gasteiger partial charge in [-0.2, -0.15) is 0 Å². The molecule has 0 atom stereocenters. The van der Waals surface area contributed by atoms with Gasteiger partial charge in [0.05, 0.1) is 19.0 Å². The van der Waals surface area contributed by atoms with Crippen LogP contribution in [0, 0.1) is 12.8 Å². The summed E-state index contributed by atoms with van der Waals surface area (Å²) >= 11 is 0. The van der Waals surface area contributed by atoms with E-state index in [1.165, 1.54) is 6.42 Å². The summed E-state index contributed by atoms with van der Waals surface area (Å²) in [6.07, 6.45) is 6.95. The van der Waals surface area contributed by atoms with Gasteiger partial charge in [0.2, 0.25) is 5.91 Å². The molecule has 1 fully saturated rings. The van der Waals surface area contributed by atoms with Crippen molar-refractivity contribution in [1.29, 1.82) is 0 Å². The third kappa shape index (κ3) is 4.84. The summed E-state index contributed by atoms with van der Waals surface area (Å²) in [4.78, 5) is 29.0. The van der Waals surface area contributed by atoms with Crippen molar-refractivity contribution in [3.8, 4) is 5.75 Å². The normalized spacial score (nSPS) is 14.4. The number of nitrogens with zero attached hydrogens (tertiary/aromatic N) is 1. The summed E-state index contributed by atoms with van der Waals surface area (Å²) in [6, 6.07) is 8.62. The summed E-state index contributed by atoms with van der Waals surface area (Å²) in [5, 5.41) is 5.75. The Labute approximate surface area is 159 Å². The van der Waals surface area contributed by atoms with Gasteiger partial charge in [-0.15, -0.1) is 0 Å². The zero-order chi connectivity index (χ0) is 19.2. The highest BCUT2D eigenvalue weighted by molar-refractivity contribution is 6.04. The van der Waals surface area contributed by atoms with E-state index in [2.05, 4.69) is 15.6 Å². The van der Waals surface area contributed by atoms with Crippen molar-refractivity contribution in [3.63, 3.8) is 0 Å². The molecule has 0 aliphatic heterocycles. The van der Waals surface area contributed by atoms with Crippen LogP contribution in [0.5, 0.6) is 5.75 Å². The molecular weight excluding hydrogens is 342 g/mol. The summed E-state index contributed by atoms with van der Waals surface area (Å²) in [5.41, 5.74) is 2.07. The molecule has 0 unspecified atom stereocenters. The van der Waals surface area contributed by atoms with Crippen LogP contribution in [-0.4, -0.2) is 23.9 Å². The largest absolute Gasteiger partial charge is 0.497 e. The van der Waals surface area contributed by atoms with Gasteiger partial charge in [-0.1, -0.05) is 19.3 Å². The van der Waals surface area contributed by atoms with Crippen molar-refractivity contribution < 1.29 is 14.3 Å². The topological polar surface area (TPSA) is 80.3 Å². The number of pyridine rings is 1. The first-order valence-corrected chi connectivity index (χ1v) is 9.29. The predicted octanol–water partition coefficient (Wildman–Crippen LogP) is 4.17. The number of nitrogens with one attached hydrogen (secondary N) is 2. The van der Waals surface area contributed by atoms with Gasteiger partial charge in [-0.25, -0.2) is 4.98 Å². The van der Waals surface area contributed by atoms with Crippen molar-refractivity contribution in [1.82, 2.24) is 4.98 Å². The molecule has 0 spiro atoms. The first-order valence-electron chi connectivity index (χ1n) is 9.29. The molecule has 6 heteroatoms. The van der Waals surface area contributed by atoms with Crippen LogP contribution in [-0.2, 0) is 4.79 Å². The second-order valence-electron chi connectivity index (χ2n) is 6.89. The number of anilines is 2. The zero-order valence-electron chi connectivity index (χ0n) is 15.7. The number of carbonyl (C=O) groups is 2. The molecule has 0 radical (unpaired) electrons. The van der Waals surface area contributed by atoms with Gasteiger partial charge < -0.3 is 15.4 Å². The third-order valence-corrected chi connectivity index (χ3v) is 4.94. The number of aryl methyl sites for hydroxylation is 1. The molecule has 1 heterocycles. The van der Waals surface area contributed by atoms with E-state index in [0.717, 1.165) is 31.2 Å². The molecule has 2 amide bonds. The Morgan fingerprint density at radius 3 is 2.41 bits per heavy atom. The van der Waals surface area contributed by atoms with E-state index < -0.39 is 0 Å². The highest BCUT2D eigenvalue weighted by Gasteiger charge is 2.21. The Morgan fingerprint density at radius 1 is 1.07 bits per heavy atom. The Morgan fingerprint density at radius 2 is 1.78 bits per heavy atom. The van der Waals surface area contributed by atoms with Crippen molar-refractivity contribution in [2.24, 2.45) is 5.92 Å². The van der Waals surface area contributed by atoms with Crippen LogP contribution in [0.2, 0.25) is 0 Å². The van der Waals surface area contributed by atoms with E-state index in [9.17, 15) is 9.59 Å². The summed E-state index contributed by atoms with van der Waals surface area (Å²) < 4.78 is 5.09. The van der Waals surface area contributed by atoms with Gasteiger partial charge in [0.25, 0.3) is 5.91 Å². The Hall–Kier alpha value is -2.89. The van der Waals surface area contributed by atoms with Crippen molar-refractivity contribution >= 4 is 23.3 Å². The fourth-order valence-corrected chi connectivity index (χ4v) is 3.29. The molecule has 6 nitrogen and oxygen atoms in total. The number of benzene rings is 1. The Kier molecular flexibility index (Phi) is 6.06. The minimum Gasteiger partial charge on any atom is -0.497 e. The number of amides is 2. The molecule has 1 aliphatic carbocycles. The van der Waals surface area contributed by atoms with Gasteiger partial charge in [0.15, 0.2) is 0 Å². The smallest absolute Gasteiger partial charge is 0.256 e. The van der Waals surface area contributed by atoms with Crippen LogP contribution in [0.1, 0.15) is 48.0 Å².